The highest BCUT2D eigenvalue weighted by Crippen LogP contribution is 2.23. The average Bonchev–Trinajstić information content (AvgIpc) is 2.52. The Bertz CT molecular complexity index is 643. The van der Waals surface area contributed by atoms with E-state index in [0.29, 0.717) is 17.3 Å². The zero-order valence-electron chi connectivity index (χ0n) is 11.2. The number of anilines is 1. The number of hydrogen-bond donors (Lipinski definition) is 2. The number of nitrogens with one attached hydrogen (secondary N) is 1. The molecule has 0 aliphatic rings. The van der Waals surface area contributed by atoms with Crippen LogP contribution in [0.3, 0.4) is 0 Å². The maximum absolute atomic E-state index is 9.89. The van der Waals surface area contributed by atoms with Crippen molar-refractivity contribution in [3.8, 4) is 11.8 Å². The first-order chi connectivity index (χ1) is 10.2. The standard InChI is InChI=1S/C15H14BrN3O2/c16-13-5-1-2-6-14(13)21-10-12(20)9-18-15-7-3-4-11(8-17)19-15/h1-7,12,20H,9-10H2,(H,18,19). The molecule has 108 valence electrons. The number of nitriles is 1. The van der Waals surface area contributed by atoms with Crippen molar-refractivity contribution in [2.45, 2.75) is 6.10 Å². The molecular weight excluding hydrogens is 334 g/mol. The number of nitrogens with zero attached hydrogens (tertiary/aromatic N) is 2. The van der Waals surface area contributed by atoms with Gasteiger partial charge in [-0.15, -0.1) is 0 Å². The Morgan fingerprint density at radius 3 is 2.86 bits per heavy atom. The van der Waals surface area contributed by atoms with Gasteiger partial charge in [0.25, 0.3) is 0 Å². The van der Waals surface area contributed by atoms with Gasteiger partial charge in [-0.1, -0.05) is 18.2 Å². The number of rotatable bonds is 6. The van der Waals surface area contributed by atoms with Crippen LogP contribution >= 0.6 is 15.9 Å². The molecular formula is C15H14BrN3O2. The van der Waals surface area contributed by atoms with Crippen molar-refractivity contribution in [1.29, 1.82) is 5.26 Å². The van der Waals surface area contributed by atoms with Crippen molar-refractivity contribution in [1.82, 2.24) is 4.98 Å². The van der Waals surface area contributed by atoms with Gasteiger partial charge in [0.15, 0.2) is 0 Å². The summed E-state index contributed by atoms with van der Waals surface area (Å²) in [6, 6.07) is 14.5. The van der Waals surface area contributed by atoms with Crippen molar-refractivity contribution in [2.24, 2.45) is 0 Å². The molecule has 0 spiro atoms. The molecule has 0 saturated carbocycles. The maximum Gasteiger partial charge on any atom is 0.142 e. The molecule has 2 N–H and O–H groups in total. The molecule has 2 aromatic rings. The van der Waals surface area contributed by atoms with Crippen molar-refractivity contribution in [2.75, 3.05) is 18.5 Å². The lowest BCUT2D eigenvalue weighted by molar-refractivity contribution is 0.117. The van der Waals surface area contributed by atoms with Crippen LogP contribution < -0.4 is 10.1 Å². The van der Waals surface area contributed by atoms with Gasteiger partial charge in [0.1, 0.15) is 36.0 Å². The van der Waals surface area contributed by atoms with E-state index in [4.69, 9.17) is 10.00 Å². The van der Waals surface area contributed by atoms with Gasteiger partial charge < -0.3 is 15.2 Å². The van der Waals surface area contributed by atoms with E-state index in [-0.39, 0.29) is 13.2 Å². The lowest BCUT2D eigenvalue weighted by atomic mass is 10.3. The first-order valence-corrected chi connectivity index (χ1v) is 7.15. The number of aliphatic hydroxyl groups excluding tert-OH is 1. The molecule has 1 unspecified atom stereocenters. The van der Waals surface area contributed by atoms with Gasteiger partial charge in [0.05, 0.1) is 4.47 Å². The van der Waals surface area contributed by atoms with Crippen LogP contribution in [0.5, 0.6) is 5.75 Å². The summed E-state index contributed by atoms with van der Waals surface area (Å²) >= 11 is 3.38. The van der Waals surface area contributed by atoms with E-state index < -0.39 is 6.10 Å². The average molecular weight is 348 g/mol. The Balaban J connectivity index is 1.81. The van der Waals surface area contributed by atoms with Crippen molar-refractivity contribution in [3.05, 3.63) is 52.6 Å². The van der Waals surface area contributed by atoms with E-state index in [1.807, 2.05) is 30.3 Å². The van der Waals surface area contributed by atoms with Crippen LogP contribution in [0.4, 0.5) is 5.82 Å². The quantitative estimate of drug-likeness (QED) is 0.839. The van der Waals surface area contributed by atoms with Gasteiger partial charge in [-0.2, -0.15) is 5.26 Å². The molecule has 6 heteroatoms. The molecule has 0 saturated heterocycles. The smallest absolute Gasteiger partial charge is 0.142 e. The summed E-state index contributed by atoms with van der Waals surface area (Å²) in [7, 11) is 0. The Morgan fingerprint density at radius 2 is 2.10 bits per heavy atom. The minimum atomic E-state index is -0.690. The van der Waals surface area contributed by atoms with Crippen LogP contribution in [0, 0.1) is 11.3 Å². The molecule has 0 fully saturated rings. The molecule has 0 aliphatic carbocycles. The normalized spacial score (nSPS) is 11.5. The van der Waals surface area contributed by atoms with Crippen LogP contribution in [-0.2, 0) is 0 Å². The van der Waals surface area contributed by atoms with E-state index in [2.05, 4.69) is 26.2 Å². The van der Waals surface area contributed by atoms with Gasteiger partial charge >= 0.3 is 0 Å². The highest BCUT2D eigenvalue weighted by atomic mass is 79.9. The van der Waals surface area contributed by atoms with E-state index in [1.165, 1.54) is 0 Å². The number of para-hydroxylation sites is 1. The van der Waals surface area contributed by atoms with E-state index in [0.717, 1.165) is 4.47 Å². The summed E-state index contributed by atoms with van der Waals surface area (Å²) in [5.74, 6) is 1.23. The Morgan fingerprint density at radius 1 is 1.29 bits per heavy atom. The molecule has 0 amide bonds. The third-order valence-electron chi connectivity index (χ3n) is 2.65. The summed E-state index contributed by atoms with van der Waals surface area (Å²) < 4.78 is 6.36. The van der Waals surface area contributed by atoms with Gasteiger partial charge in [0.2, 0.25) is 0 Å². The third kappa shape index (κ3) is 4.74. The predicted molar refractivity (Wildman–Crippen MR) is 83.1 cm³/mol. The monoisotopic (exact) mass is 347 g/mol. The van der Waals surface area contributed by atoms with Crippen LogP contribution in [0.2, 0.25) is 0 Å². The molecule has 0 bridgehead atoms. The van der Waals surface area contributed by atoms with E-state index in [1.54, 1.807) is 18.2 Å². The molecule has 2 rings (SSSR count). The zero-order chi connectivity index (χ0) is 15.1. The second-order valence-corrected chi connectivity index (χ2v) is 5.15. The van der Waals surface area contributed by atoms with Gasteiger partial charge in [-0.05, 0) is 40.2 Å². The Hall–Kier alpha value is -2.10. The van der Waals surface area contributed by atoms with Crippen LogP contribution in [0.15, 0.2) is 46.9 Å². The number of benzene rings is 1. The van der Waals surface area contributed by atoms with Crippen molar-refractivity contribution < 1.29 is 9.84 Å². The molecule has 1 atom stereocenters. The van der Waals surface area contributed by atoms with Crippen LogP contribution in [0.25, 0.3) is 0 Å². The minimum absolute atomic E-state index is 0.160. The fraction of sp³-hybridized carbons (Fsp3) is 0.200. The van der Waals surface area contributed by atoms with E-state index in [9.17, 15) is 5.11 Å². The predicted octanol–water partition coefficient (Wildman–Crippen LogP) is 2.57. The van der Waals surface area contributed by atoms with E-state index >= 15 is 0 Å². The highest BCUT2D eigenvalue weighted by molar-refractivity contribution is 9.10. The second-order valence-electron chi connectivity index (χ2n) is 4.30. The molecule has 0 radical (unpaired) electrons. The number of ether oxygens (including phenoxy) is 1. The number of hydrogen-bond acceptors (Lipinski definition) is 5. The molecule has 5 nitrogen and oxygen atoms in total. The molecule has 1 aromatic heterocycles. The van der Waals surface area contributed by atoms with Crippen LogP contribution in [0.1, 0.15) is 5.69 Å². The number of aliphatic hydroxyl groups is 1. The summed E-state index contributed by atoms with van der Waals surface area (Å²) in [4.78, 5) is 4.06. The van der Waals surface area contributed by atoms with Gasteiger partial charge in [-0.3, -0.25) is 0 Å². The third-order valence-corrected chi connectivity index (χ3v) is 3.31. The highest BCUT2D eigenvalue weighted by Gasteiger charge is 2.07. The van der Waals surface area contributed by atoms with Gasteiger partial charge in [-0.25, -0.2) is 4.98 Å². The topological polar surface area (TPSA) is 78.2 Å². The lowest BCUT2D eigenvalue weighted by Gasteiger charge is -2.14. The van der Waals surface area contributed by atoms with Crippen molar-refractivity contribution >= 4 is 21.7 Å². The number of halogens is 1. The zero-order valence-corrected chi connectivity index (χ0v) is 12.7. The summed E-state index contributed by atoms with van der Waals surface area (Å²) in [6.07, 6.45) is -0.690. The number of aromatic nitrogens is 1. The Kier molecular flexibility index (Phi) is 5.55. The minimum Gasteiger partial charge on any atom is -0.490 e. The summed E-state index contributed by atoms with van der Waals surface area (Å²) in [5.41, 5.74) is 0.332. The molecule has 1 aromatic carbocycles. The van der Waals surface area contributed by atoms with Crippen LogP contribution in [-0.4, -0.2) is 29.3 Å². The molecule has 0 aliphatic heterocycles. The first-order valence-electron chi connectivity index (χ1n) is 6.35. The fourth-order valence-electron chi connectivity index (χ4n) is 1.62. The first kappa shape index (κ1) is 15.3. The molecule has 1 heterocycles. The summed E-state index contributed by atoms with van der Waals surface area (Å²) in [6.45, 7) is 0.444. The number of pyridine rings is 1. The lowest BCUT2D eigenvalue weighted by Crippen LogP contribution is -2.26. The maximum atomic E-state index is 9.89. The van der Waals surface area contributed by atoms with Gasteiger partial charge in [0, 0.05) is 6.54 Å². The largest absolute Gasteiger partial charge is 0.490 e. The molecule has 21 heavy (non-hydrogen) atoms. The summed E-state index contributed by atoms with van der Waals surface area (Å²) in [5, 5.41) is 21.6. The SMILES string of the molecule is N#Cc1cccc(NCC(O)COc2ccccc2Br)n1. The second kappa shape index (κ2) is 7.62. The Labute approximate surface area is 131 Å². The van der Waals surface area contributed by atoms with Crippen molar-refractivity contribution in [3.63, 3.8) is 0 Å². The fourth-order valence-corrected chi connectivity index (χ4v) is 2.02.